The fourth-order valence-corrected chi connectivity index (χ4v) is 1.66. The van der Waals surface area contributed by atoms with E-state index in [2.05, 4.69) is 4.72 Å². The predicted molar refractivity (Wildman–Crippen MR) is 60.7 cm³/mol. The number of hydrogen-bond donors (Lipinski definition) is 1. The third kappa shape index (κ3) is 3.13. The highest BCUT2D eigenvalue weighted by molar-refractivity contribution is 7.93. The van der Waals surface area contributed by atoms with Gasteiger partial charge in [-0.2, -0.15) is 0 Å². The summed E-state index contributed by atoms with van der Waals surface area (Å²) in [5, 5.41) is -0.455. The molecule has 0 aromatic heterocycles. The van der Waals surface area contributed by atoms with Gasteiger partial charge >= 0.3 is 0 Å². The number of ether oxygens (including phenoxy) is 1. The van der Waals surface area contributed by atoms with Crippen LogP contribution in [0, 0.1) is 0 Å². The molecular formula is C10H15NO3S. The molecule has 1 rings (SSSR count). The number of rotatable bonds is 4. The van der Waals surface area contributed by atoms with Gasteiger partial charge in [0, 0.05) is 6.07 Å². The van der Waals surface area contributed by atoms with E-state index in [-0.39, 0.29) is 0 Å². The normalized spacial score (nSPS) is 11.5. The van der Waals surface area contributed by atoms with E-state index in [1.807, 2.05) is 0 Å². The maximum atomic E-state index is 11.5. The standard InChI is InChI=1S/C10H15NO3S/c1-8(2)15(12,13)11-9-5-4-6-10(7-9)14-3/h4-8,11H,1-3H3. The van der Waals surface area contributed by atoms with Crippen molar-refractivity contribution in [2.45, 2.75) is 19.1 Å². The Kier molecular flexibility index (Phi) is 3.57. The van der Waals surface area contributed by atoms with Gasteiger partial charge in [0.25, 0.3) is 0 Å². The smallest absolute Gasteiger partial charge is 0.235 e. The third-order valence-electron chi connectivity index (χ3n) is 1.95. The SMILES string of the molecule is COc1cccc(NS(=O)(=O)C(C)C)c1. The maximum Gasteiger partial charge on any atom is 0.235 e. The molecule has 0 amide bonds. The highest BCUT2D eigenvalue weighted by Crippen LogP contribution is 2.18. The molecule has 0 saturated heterocycles. The quantitative estimate of drug-likeness (QED) is 0.857. The highest BCUT2D eigenvalue weighted by Gasteiger charge is 2.15. The van der Waals surface area contributed by atoms with Crippen LogP contribution in [0.25, 0.3) is 0 Å². The van der Waals surface area contributed by atoms with E-state index in [9.17, 15) is 8.42 Å². The number of sulfonamides is 1. The molecule has 0 unspecified atom stereocenters. The van der Waals surface area contributed by atoms with Crippen molar-refractivity contribution in [2.75, 3.05) is 11.8 Å². The second-order valence-electron chi connectivity index (χ2n) is 3.43. The van der Waals surface area contributed by atoms with Gasteiger partial charge in [-0.05, 0) is 26.0 Å². The van der Waals surface area contributed by atoms with E-state index in [0.29, 0.717) is 11.4 Å². The summed E-state index contributed by atoms with van der Waals surface area (Å²) >= 11 is 0. The molecule has 1 N–H and O–H groups in total. The van der Waals surface area contributed by atoms with Crippen LogP contribution in [0.5, 0.6) is 5.75 Å². The molecule has 0 heterocycles. The first kappa shape index (κ1) is 11.8. The molecule has 0 saturated carbocycles. The molecule has 0 aliphatic rings. The number of nitrogens with one attached hydrogen (secondary N) is 1. The Hall–Kier alpha value is -1.23. The second kappa shape index (κ2) is 4.53. The van der Waals surface area contributed by atoms with Gasteiger partial charge in [-0.3, -0.25) is 4.72 Å². The summed E-state index contributed by atoms with van der Waals surface area (Å²) in [5.74, 6) is 0.624. The molecule has 0 bridgehead atoms. The second-order valence-corrected chi connectivity index (χ2v) is 5.66. The fraction of sp³-hybridized carbons (Fsp3) is 0.400. The molecule has 15 heavy (non-hydrogen) atoms. The zero-order valence-corrected chi connectivity index (χ0v) is 9.84. The minimum Gasteiger partial charge on any atom is -0.497 e. The van der Waals surface area contributed by atoms with Gasteiger partial charge in [0.05, 0.1) is 18.0 Å². The van der Waals surface area contributed by atoms with E-state index in [1.54, 1.807) is 38.1 Å². The Morgan fingerprint density at radius 1 is 1.33 bits per heavy atom. The minimum absolute atomic E-state index is 0.455. The van der Waals surface area contributed by atoms with Crippen molar-refractivity contribution < 1.29 is 13.2 Å². The molecule has 0 radical (unpaired) electrons. The van der Waals surface area contributed by atoms with E-state index >= 15 is 0 Å². The Bertz CT molecular complexity index is 426. The van der Waals surface area contributed by atoms with Gasteiger partial charge in [-0.1, -0.05) is 6.07 Å². The molecule has 1 aromatic rings. The third-order valence-corrected chi connectivity index (χ3v) is 3.71. The molecule has 0 atom stereocenters. The van der Waals surface area contributed by atoms with Crippen LogP contribution in [0.4, 0.5) is 5.69 Å². The van der Waals surface area contributed by atoms with Crippen molar-refractivity contribution in [2.24, 2.45) is 0 Å². The molecule has 1 aromatic carbocycles. The van der Waals surface area contributed by atoms with Gasteiger partial charge in [0.2, 0.25) is 10.0 Å². The molecule has 5 heteroatoms. The minimum atomic E-state index is -3.28. The maximum absolute atomic E-state index is 11.5. The molecule has 84 valence electrons. The van der Waals surface area contributed by atoms with Gasteiger partial charge < -0.3 is 4.74 Å². The Labute approximate surface area is 90.3 Å². The summed E-state index contributed by atoms with van der Waals surface area (Å²) < 4.78 is 30.6. The van der Waals surface area contributed by atoms with Gasteiger partial charge in [-0.15, -0.1) is 0 Å². The van der Waals surface area contributed by atoms with Crippen LogP contribution in [-0.2, 0) is 10.0 Å². The Balaban J connectivity index is 2.90. The molecular weight excluding hydrogens is 214 g/mol. The zero-order chi connectivity index (χ0) is 11.5. The summed E-state index contributed by atoms with van der Waals surface area (Å²) in [6, 6.07) is 6.81. The van der Waals surface area contributed by atoms with Crippen molar-refractivity contribution in [1.29, 1.82) is 0 Å². The number of methoxy groups -OCH3 is 1. The average Bonchev–Trinajstić information content (AvgIpc) is 2.17. The van der Waals surface area contributed by atoms with Crippen LogP contribution in [0.1, 0.15) is 13.8 Å². The van der Waals surface area contributed by atoms with E-state index in [4.69, 9.17) is 4.74 Å². The van der Waals surface area contributed by atoms with Gasteiger partial charge in [0.15, 0.2) is 0 Å². The van der Waals surface area contributed by atoms with Crippen molar-refractivity contribution in [1.82, 2.24) is 0 Å². The summed E-state index contributed by atoms with van der Waals surface area (Å²) in [4.78, 5) is 0. The first-order valence-electron chi connectivity index (χ1n) is 4.61. The summed E-state index contributed by atoms with van der Waals surface area (Å²) in [5.41, 5.74) is 0.517. The lowest BCUT2D eigenvalue weighted by Crippen LogP contribution is -2.22. The van der Waals surface area contributed by atoms with E-state index < -0.39 is 15.3 Å². The van der Waals surface area contributed by atoms with E-state index in [0.717, 1.165) is 0 Å². The number of hydrogen-bond acceptors (Lipinski definition) is 3. The zero-order valence-electron chi connectivity index (χ0n) is 9.02. The fourth-order valence-electron chi connectivity index (χ4n) is 0.969. The number of anilines is 1. The number of benzene rings is 1. The first-order chi connectivity index (χ1) is 6.95. The lowest BCUT2D eigenvalue weighted by Gasteiger charge is -2.11. The van der Waals surface area contributed by atoms with E-state index in [1.165, 1.54) is 7.11 Å². The largest absolute Gasteiger partial charge is 0.497 e. The topological polar surface area (TPSA) is 55.4 Å². The Morgan fingerprint density at radius 2 is 2.00 bits per heavy atom. The van der Waals surface area contributed by atoms with Crippen molar-refractivity contribution in [3.05, 3.63) is 24.3 Å². The molecule has 0 spiro atoms. The van der Waals surface area contributed by atoms with Gasteiger partial charge in [-0.25, -0.2) is 8.42 Å². The molecule has 0 aliphatic carbocycles. The van der Waals surface area contributed by atoms with Crippen molar-refractivity contribution >= 4 is 15.7 Å². The average molecular weight is 229 g/mol. The molecule has 0 aliphatic heterocycles. The van der Waals surface area contributed by atoms with Crippen molar-refractivity contribution in [3.8, 4) is 5.75 Å². The van der Waals surface area contributed by atoms with Crippen LogP contribution < -0.4 is 9.46 Å². The summed E-state index contributed by atoms with van der Waals surface area (Å²) in [7, 11) is -1.74. The van der Waals surface area contributed by atoms with Crippen LogP contribution in [-0.4, -0.2) is 20.8 Å². The molecule has 4 nitrogen and oxygen atoms in total. The summed E-state index contributed by atoms with van der Waals surface area (Å²) in [6.07, 6.45) is 0. The van der Waals surface area contributed by atoms with Gasteiger partial charge in [0.1, 0.15) is 5.75 Å². The first-order valence-corrected chi connectivity index (χ1v) is 6.16. The lowest BCUT2D eigenvalue weighted by molar-refractivity contribution is 0.415. The Morgan fingerprint density at radius 3 is 2.53 bits per heavy atom. The highest BCUT2D eigenvalue weighted by atomic mass is 32.2. The van der Waals surface area contributed by atoms with Crippen LogP contribution in [0.15, 0.2) is 24.3 Å². The van der Waals surface area contributed by atoms with Crippen LogP contribution in [0.3, 0.4) is 0 Å². The molecule has 0 fully saturated rings. The summed E-state index contributed by atoms with van der Waals surface area (Å²) in [6.45, 7) is 3.25. The van der Waals surface area contributed by atoms with Crippen LogP contribution in [0.2, 0.25) is 0 Å². The monoisotopic (exact) mass is 229 g/mol. The predicted octanol–water partition coefficient (Wildman–Crippen LogP) is 1.85. The lowest BCUT2D eigenvalue weighted by atomic mass is 10.3. The van der Waals surface area contributed by atoms with Crippen LogP contribution >= 0.6 is 0 Å². The van der Waals surface area contributed by atoms with Crippen molar-refractivity contribution in [3.63, 3.8) is 0 Å².